The number of aromatic nitrogens is 3. The van der Waals surface area contributed by atoms with E-state index in [9.17, 15) is 0 Å². The van der Waals surface area contributed by atoms with Crippen LogP contribution in [0.5, 0.6) is 5.75 Å². The molecule has 0 fully saturated rings. The molecule has 3 rings (SSSR count). The van der Waals surface area contributed by atoms with Crippen molar-refractivity contribution in [2.24, 2.45) is 5.10 Å². The molecule has 0 saturated heterocycles. The van der Waals surface area contributed by atoms with Crippen LogP contribution in [0.3, 0.4) is 0 Å². The minimum Gasteiger partial charge on any atom is -0.491 e. The van der Waals surface area contributed by atoms with Crippen LogP contribution in [-0.2, 0) is 0 Å². The van der Waals surface area contributed by atoms with Gasteiger partial charge in [0.15, 0.2) is 5.82 Å². The molecular formula is C18H18N4OS. The van der Waals surface area contributed by atoms with Gasteiger partial charge in [0.1, 0.15) is 5.75 Å². The molecule has 0 unspecified atom stereocenters. The average Bonchev–Trinajstić information content (AvgIpc) is 2.94. The SMILES string of the molecule is CC(C)Oc1cccc(-c2nnc(S)n2/N=C/c2ccccc2)c1. The van der Waals surface area contributed by atoms with Crippen molar-refractivity contribution in [3.05, 3.63) is 60.2 Å². The second-order valence-corrected chi connectivity index (χ2v) is 5.89. The summed E-state index contributed by atoms with van der Waals surface area (Å²) in [5.74, 6) is 1.39. The van der Waals surface area contributed by atoms with Gasteiger partial charge in [-0.2, -0.15) is 9.78 Å². The molecule has 1 aromatic heterocycles. The lowest BCUT2D eigenvalue weighted by atomic mass is 10.2. The smallest absolute Gasteiger partial charge is 0.209 e. The summed E-state index contributed by atoms with van der Waals surface area (Å²) in [4.78, 5) is 0. The van der Waals surface area contributed by atoms with E-state index in [4.69, 9.17) is 4.74 Å². The molecule has 24 heavy (non-hydrogen) atoms. The van der Waals surface area contributed by atoms with E-state index >= 15 is 0 Å². The average molecular weight is 338 g/mol. The van der Waals surface area contributed by atoms with Crippen LogP contribution in [0, 0.1) is 0 Å². The molecule has 0 atom stereocenters. The fraction of sp³-hybridized carbons (Fsp3) is 0.167. The maximum Gasteiger partial charge on any atom is 0.209 e. The Bertz CT molecular complexity index is 843. The first kappa shape index (κ1) is 16.3. The van der Waals surface area contributed by atoms with Crippen molar-refractivity contribution in [2.75, 3.05) is 0 Å². The third-order valence-corrected chi connectivity index (χ3v) is 3.49. The Morgan fingerprint density at radius 3 is 2.62 bits per heavy atom. The lowest BCUT2D eigenvalue weighted by molar-refractivity contribution is 0.242. The Labute approximate surface area is 146 Å². The lowest BCUT2D eigenvalue weighted by Crippen LogP contribution is -2.05. The highest BCUT2D eigenvalue weighted by molar-refractivity contribution is 7.80. The highest BCUT2D eigenvalue weighted by Gasteiger charge is 2.12. The number of ether oxygens (including phenoxy) is 1. The molecule has 122 valence electrons. The zero-order valence-electron chi connectivity index (χ0n) is 13.5. The van der Waals surface area contributed by atoms with Crippen molar-refractivity contribution >= 4 is 18.8 Å². The van der Waals surface area contributed by atoms with Crippen LogP contribution in [0.2, 0.25) is 0 Å². The predicted octanol–water partition coefficient (Wildman–Crippen LogP) is 3.90. The topological polar surface area (TPSA) is 52.3 Å². The third kappa shape index (κ3) is 3.83. The molecule has 0 aliphatic heterocycles. The van der Waals surface area contributed by atoms with Crippen molar-refractivity contribution in [2.45, 2.75) is 25.1 Å². The van der Waals surface area contributed by atoms with Crippen LogP contribution in [0.4, 0.5) is 0 Å². The highest BCUT2D eigenvalue weighted by Crippen LogP contribution is 2.24. The van der Waals surface area contributed by atoms with Crippen molar-refractivity contribution in [3.8, 4) is 17.1 Å². The van der Waals surface area contributed by atoms with Gasteiger partial charge in [0.25, 0.3) is 0 Å². The minimum absolute atomic E-state index is 0.106. The molecule has 0 bridgehead atoms. The van der Waals surface area contributed by atoms with Gasteiger partial charge in [0.2, 0.25) is 5.16 Å². The van der Waals surface area contributed by atoms with Crippen molar-refractivity contribution in [3.63, 3.8) is 0 Å². The lowest BCUT2D eigenvalue weighted by Gasteiger charge is -2.10. The standard InChI is InChI=1S/C18H18N4OS/c1-13(2)23-16-10-6-9-15(11-16)17-20-21-18(24)22(17)19-12-14-7-4-3-5-8-14/h3-13H,1-2H3,(H,21,24)/b19-12+. The van der Waals surface area contributed by atoms with Crippen LogP contribution >= 0.6 is 12.6 Å². The van der Waals surface area contributed by atoms with Crippen LogP contribution < -0.4 is 4.74 Å². The van der Waals surface area contributed by atoms with Gasteiger partial charge in [-0.15, -0.1) is 22.8 Å². The van der Waals surface area contributed by atoms with E-state index in [2.05, 4.69) is 27.9 Å². The Kier molecular flexibility index (Phi) is 4.96. The monoisotopic (exact) mass is 338 g/mol. The van der Waals surface area contributed by atoms with E-state index < -0.39 is 0 Å². The van der Waals surface area contributed by atoms with Crippen molar-refractivity contribution in [1.82, 2.24) is 14.9 Å². The first-order valence-electron chi connectivity index (χ1n) is 7.64. The first-order valence-corrected chi connectivity index (χ1v) is 8.09. The van der Waals surface area contributed by atoms with Gasteiger partial charge >= 0.3 is 0 Å². The van der Waals surface area contributed by atoms with Gasteiger partial charge in [-0.25, -0.2) is 0 Å². The molecule has 5 nitrogen and oxygen atoms in total. The molecule has 1 heterocycles. The first-order chi connectivity index (χ1) is 11.6. The summed E-state index contributed by atoms with van der Waals surface area (Å²) in [6, 6.07) is 17.5. The van der Waals surface area contributed by atoms with E-state index in [1.165, 1.54) is 0 Å². The summed E-state index contributed by atoms with van der Waals surface area (Å²) in [6.07, 6.45) is 1.86. The second kappa shape index (κ2) is 7.31. The molecule has 3 aromatic rings. The van der Waals surface area contributed by atoms with Crippen LogP contribution in [0.25, 0.3) is 11.4 Å². The zero-order chi connectivity index (χ0) is 16.9. The summed E-state index contributed by atoms with van der Waals surface area (Å²) >= 11 is 4.34. The summed E-state index contributed by atoms with van der Waals surface area (Å²) < 4.78 is 7.34. The number of nitrogens with zero attached hydrogens (tertiary/aromatic N) is 4. The van der Waals surface area contributed by atoms with Gasteiger partial charge in [-0.1, -0.05) is 42.5 Å². The van der Waals surface area contributed by atoms with E-state index in [1.807, 2.05) is 68.4 Å². The highest BCUT2D eigenvalue weighted by atomic mass is 32.1. The predicted molar refractivity (Wildman–Crippen MR) is 97.9 cm³/mol. The quantitative estimate of drug-likeness (QED) is 0.567. The van der Waals surface area contributed by atoms with Gasteiger partial charge in [-0.05, 0) is 31.5 Å². The third-order valence-electron chi connectivity index (χ3n) is 3.21. The Morgan fingerprint density at radius 1 is 1.08 bits per heavy atom. The van der Waals surface area contributed by atoms with Crippen molar-refractivity contribution < 1.29 is 4.74 Å². The molecule has 0 amide bonds. The molecule has 2 aromatic carbocycles. The van der Waals surface area contributed by atoms with E-state index in [0.717, 1.165) is 16.9 Å². The fourth-order valence-electron chi connectivity index (χ4n) is 2.20. The summed E-state index contributed by atoms with van der Waals surface area (Å²) in [6.45, 7) is 3.98. The number of rotatable bonds is 5. The molecule has 0 aliphatic carbocycles. The Morgan fingerprint density at radius 2 is 1.88 bits per heavy atom. The summed E-state index contributed by atoms with van der Waals surface area (Å²) in [7, 11) is 0. The maximum atomic E-state index is 5.74. The van der Waals surface area contributed by atoms with Crippen molar-refractivity contribution in [1.29, 1.82) is 0 Å². The maximum absolute atomic E-state index is 5.74. The number of hydrogen-bond donors (Lipinski definition) is 1. The molecule has 0 saturated carbocycles. The van der Waals surface area contributed by atoms with Crippen LogP contribution in [-0.4, -0.2) is 27.2 Å². The minimum atomic E-state index is 0.106. The van der Waals surface area contributed by atoms with Crippen LogP contribution in [0.1, 0.15) is 19.4 Å². The molecule has 0 radical (unpaired) electrons. The van der Waals surface area contributed by atoms with E-state index in [-0.39, 0.29) is 6.10 Å². The van der Waals surface area contributed by atoms with E-state index in [1.54, 1.807) is 10.9 Å². The number of hydrogen-bond acceptors (Lipinski definition) is 5. The Balaban J connectivity index is 1.94. The zero-order valence-corrected chi connectivity index (χ0v) is 14.4. The second-order valence-electron chi connectivity index (χ2n) is 5.49. The summed E-state index contributed by atoms with van der Waals surface area (Å²) in [5, 5.41) is 13.1. The van der Waals surface area contributed by atoms with E-state index in [0.29, 0.717) is 11.0 Å². The molecule has 0 spiro atoms. The molecule has 0 aliphatic rings. The largest absolute Gasteiger partial charge is 0.491 e. The van der Waals surface area contributed by atoms with Gasteiger partial charge in [0.05, 0.1) is 12.3 Å². The molecule has 0 N–H and O–H groups in total. The molecular weight excluding hydrogens is 320 g/mol. The number of thiol groups is 1. The number of benzene rings is 2. The van der Waals surface area contributed by atoms with Crippen LogP contribution in [0.15, 0.2) is 64.9 Å². The molecule has 6 heteroatoms. The van der Waals surface area contributed by atoms with Gasteiger partial charge in [0, 0.05) is 5.56 Å². The fourth-order valence-corrected chi connectivity index (χ4v) is 2.39. The van der Waals surface area contributed by atoms with Gasteiger partial charge in [-0.3, -0.25) is 0 Å². The normalized spacial score (nSPS) is 11.3. The Hall–Kier alpha value is -2.60. The van der Waals surface area contributed by atoms with Gasteiger partial charge < -0.3 is 4.74 Å². The summed E-state index contributed by atoms with van der Waals surface area (Å²) in [5.41, 5.74) is 1.85.